The summed E-state index contributed by atoms with van der Waals surface area (Å²) in [4.78, 5) is 12.2. The first-order valence-electron chi connectivity index (χ1n) is 8.35. The first kappa shape index (κ1) is 17.5. The van der Waals surface area contributed by atoms with Crippen molar-refractivity contribution in [2.45, 2.75) is 13.8 Å². The van der Waals surface area contributed by atoms with Gasteiger partial charge in [0.25, 0.3) is 0 Å². The summed E-state index contributed by atoms with van der Waals surface area (Å²) in [5, 5.41) is 7.19. The molecule has 0 spiro atoms. The molecule has 0 unspecified atom stereocenters. The van der Waals surface area contributed by atoms with Gasteiger partial charge in [0.05, 0.1) is 5.69 Å². The van der Waals surface area contributed by atoms with E-state index < -0.39 is 0 Å². The van der Waals surface area contributed by atoms with Crippen LogP contribution >= 0.6 is 0 Å². The molecule has 132 valence electrons. The lowest BCUT2D eigenvalue weighted by molar-refractivity contribution is -0.111. The fourth-order valence-corrected chi connectivity index (χ4v) is 2.64. The number of ether oxygens (including phenoxy) is 1. The molecule has 3 aromatic rings. The monoisotopic (exact) mass is 347 g/mol. The molecule has 0 radical (unpaired) electrons. The van der Waals surface area contributed by atoms with Crippen LogP contribution in [0.25, 0.3) is 6.08 Å². The van der Waals surface area contributed by atoms with Gasteiger partial charge >= 0.3 is 0 Å². The summed E-state index contributed by atoms with van der Waals surface area (Å²) in [7, 11) is 1.89. The Morgan fingerprint density at radius 1 is 1.08 bits per heavy atom. The highest BCUT2D eigenvalue weighted by Gasteiger charge is 2.07. The Hall–Kier alpha value is -3.34. The minimum absolute atomic E-state index is 0.204. The first-order chi connectivity index (χ1) is 12.5. The molecule has 0 atom stereocenters. The number of aromatic nitrogens is 2. The van der Waals surface area contributed by atoms with Crippen LogP contribution in [0.2, 0.25) is 0 Å². The number of carbonyl (C=O) groups excluding carboxylic acids is 1. The summed E-state index contributed by atoms with van der Waals surface area (Å²) in [6, 6.07) is 16.8. The molecule has 0 fully saturated rings. The third-order valence-corrected chi connectivity index (χ3v) is 4.05. The average molecular weight is 347 g/mol. The topological polar surface area (TPSA) is 56.2 Å². The lowest BCUT2D eigenvalue weighted by Crippen LogP contribution is -2.07. The van der Waals surface area contributed by atoms with Crippen LogP contribution in [0.4, 0.5) is 5.69 Å². The van der Waals surface area contributed by atoms with E-state index in [1.165, 1.54) is 6.08 Å². The number of benzene rings is 2. The second-order valence-corrected chi connectivity index (χ2v) is 5.97. The number of nitrogens with zero attached hydrogens (tertiary/aromatic N) is 2. The lowest BCUT2D eigenvalue weighted by atomic mass is 10.2. The van der Waals surface area contributed by atoms with Crippen LogP contribution in [0.15, 0.2) is 60.7 Å². The molecule has 0 aliphatic heterocycles. The molecule has 0 aliphatic carbocycles. The van der Waals surface area contributed by atoms with E-state index in [9.17, 15) is 4.79 Å². The Bertz CT molecular complexity index is 943. The van der Waals surface area contributed by atoms with E-state index in [0.717, 1.165) is 22.7 Å². The fourth-order valence-electron chi connectivity index (χ4n) is 2.64. The van der Waals surface area contributed by atoms with Gasteiger partial charge in [-0.05, 0) is 44.2 Å². The minimum Gasteiger partial charge on any atom is -0.457 e. The van der Waals surface area contributed by atoms with Crippen LogP contribution in [-0.4, -0.2) is 15.7 Å². The summed E-state index contributed by atoms with van der Waals surface area (Å²) in [5.41, 5.74) is 3.55. The van der Waals surface area contributed by atoms with Crippen LogP contribution in [0, 0.1) is 13.8 Å². The molecular weight excluding hydrogens is 326 g/mol. The normalized spacial score (nSPS) is 10.9. The number of amides is 1. The van der Waals surface area contributed by atoms with Crippen molar-refractivity contribution in [1.29, 1.82) is 0 Å². The molecule has 0 saturated carbocycles. The van der Waals surface area contributed by atoms with Gasteiger partial charge in [-0.15, -0.1) is 0 Å². The van der Waals surface area contributed by atoms with Crippen molar-refractivity contribution in [3.8, 4) is 11.5 Å². The predicted molar refractivity (Wildman–Crippen MR) is 103 cm³/mol. The van der Waals surface area contributed by atoms with E-state index in [0.29, 0.717) is 11.4 Å². The maximum absolute atomic E-state index is 12.2. The highest BCUT2D eigenvalue weighted by atomic mass is 16.5. The molecule has 0 aliphatic rings. The number of hydrogen-bond acceptors (Lipinski definition) is 3. The van der Waals surface area contributed by atoms with Gasteiger partial charge in [0, 0.05) is 36.1 Å². The summed E-state index contributed by atoms with van der Waals surface area (Å²) >= 11 is 0. The quantitative estimate of drug-likeness (QED) is 0.692. The SMILES string of the molecule is Cc1nn(C)c(C)c1C=CC(=O)Nc1cccc(Oc2ccccc2)c1. The molecule has 2 aromatic carbocycles. The van der Waals surface area contributed by atoms with Crippen LogP contribution in [0.5, 0.6) is 11.5 Å². The molecule has 0 saturated heterocycles. The highest BCUT2D eigenvalue weighted by molar-refractivity contribution is 6.02. The zero-order valence-corrected chi connectivity index (χ0v) is 15.1. The zero-order chi connectivity index (χ0) is 18.5. The highest BCUT2D eigenvalue weighted by Crippen LogP contribution is 2.24. The maximum atomic E-state index is 12.2. The lowest BCUT2D eigenvalue weighted by Gasteiger charge is -2.08. The van der Waals surface area contributed by atoms with Crippen LogP contribution in [0.1, 0.15) is 17.0 Å². The standard InChI is InChI=1S/C21H21N3O2/c1-15-20(16(2)24(3)23-15)12-13-21(25)22-17-8-7-11-19(14-17)26-18-9-5-4-6-10-18/h4-14H,1-3H3,(H,22,25). The van der Waals surface area contributed by atoms with E-state index >= 15 is 0 Å². The Balaban J connectivity index is 1.68. The molecule has 1 aromatic heterocycles. The van der Waals surface area contributed by atoms with Crippen molar-refractivity contribution in [2.24, 2.45) is 7.05 Å². The smallest absolute Gasteiger partial charge is 0.248 e. The number of carbonyl (C=O) groups is 1. The van der Waals surface area contributed by atoms with Gasteiger partial charge in [0.15, 0.2) is 0 Å². The minimum atomic E-state index is -0.204. The molecule has 1 N–H and O–H groups in total. The van der Waals surface area contributed by atoms with E-state index in [-0.39, 0.29) is 5.91 Å². The molecule has 3 rings (SSSR count). The van der Waals surface area contributed by atoms with E-state index in [1.54, 1.807) is 16.8 Å². The number of nitrogens with one attached hydrogen (secondary N) is 1. The summed E-state index contributed by atoms with van der Waals surface area (Å²) in [6.07, 6.45) is 3.30. The van der Waals surface area contributed by atoms with E-state index in [1.807, 2.05) is 69.4 Å². The Labute approximate surface area is 152 Å². The van der Waals surface area contributed by atoms with Crippen molar-refractivity contribution < 1.29 is 9.53 Å². The van der Waals surface area contributed by atoms with Crippen molar-refractivity contribution in [3.63, 3.8) is 0 Å². The molecule has 5 nitrogen and oxygen atoms in total. The number of aryl methyl sites for hydroxylation is 2. The van der Waals surface area contributed by atoms with Crippen molar-refractivity contribution in [2.75, 3.05) is 5.32 Å². The fraction of sp³-hybridized carbons (Fsp3) is 0.143. The molecule has 0 bridgehead atoms. The third-order valence-electron chi connectivity index (χ3n) is 4.05. The van der Waals surface area contributed by atoms with Crippen molar-refractivity contribution in [3.05, 3.63) is 77.6 Å². The molecule has 26 heavy (non-hydrogen) atoms. The zero-order valence-electron chi connectivity index (χ0n) is 15.1. The Morgan fingerprint density at radius 2 is 1.81 bits per heavy atom. The van der Waals surface area contributed by atoms with Gasteiger partial charge < -0.3 is 10.1 Å². The Kier molecular flexibility index (Phi) is 5.17. The average Bonchev–Trinajstić information content (AvgIpc) is 2.86. The van der Waals surface area contributed by atoms with Crippen LogP contribution in [-0.2, 0) is 11.8 Å². The van der Waals surface area contributed by atoms with Gasteiger partial charge in [0.1, 0.15) is 11.5 Å². The molecule has 5 heteroatoms. The largest absolute Gasteiger partial charge is 0.457 e. The number of anilines is 1. The molecular formula is C21H21N3O2. The van der Waals surface area contributed by atoms with Gasteiger partial charge in [-0.1, -0.05) is 24.3 Å². The Morgan fingerprint density at radius 3 is 2.50 bits per heavy atom. The molecule has 1 heterocycles. The van der Waals surface area contributed by atoms with E-state index in [2.05, 4.69) is 10.4 Å². The third kappa shape index (κ3) is 4.19. The van der Waals surface area contributed by atoms with Gasteiger partial charge in [0.2, 0.25) is 5.91 Å². The van der Waals surface area contributed by atoms with Crippen molar-refractivity contribution in [1.82, 2.24) is 9.78 Å². The maximum Gasteiger partial charge on any atom is 0.248 e. The summed E-state index contributed by atoms with van der Waals surface area (Å²) < 4.78 is 7.59. The molecule has 1 amide bonds. The summed E-state index contributed by atoms with van der Waals surface area (Å²) in [5.74, 6) is 1.21. The van der Waals surface area contributed by atoms with Gasteiger partial charge in [-0.2, -0.15) is 5.10 Å². The van der Waals surface area contributed by atoms with E-state index in [4.69, 9.17) is 4.74 Å². The second kappa shape index (κ2) is 7.70. The second-order valence-electron chi connectivity index (χ2n) is 5.97. The number of hydrogen-bond donors (Lipinski definition) is 1. The van der Waals surface area contributed by atoms with Crippen molar-refractivity contribution >= 4 is 17.7 Å². The first-order valence-corrected chi connectivity index (χ1v) is 8.35. The summed E-state index contributed by atoms with van der Waals surface area (Å²) in [6.45, 7) is 3.90. The van der Waals surface area contributed by atoms with Crippen LogP contribution < -0.4 is 10.1 Å². The van der Waals surface area contributed by atoms with Gasteiger partial charge in [-0.3, -0.25) is 9.48 Å². The van der Waals surface area contributed by atoms with Crippen LogP contribution in [0.3, 0.4) is 0 Å². The number of rotatable bonds is 5. The number of para-hydroxylation sites is 1. The predicted octanol–water partition coefficient (Wildman–Crippen LogP) is 4.48. The van der Waals surface area contributed by atoms with Gasteiger partial charge in [-0.25, -0.2) is 0 Å².